The van der Waals surface area contributed by atoms with Crippen LogP contribution in [0.5, 0.6) is 0 Å². The lowest BCUT2D eigenvalue weighted by Gasteiger charge is -2.47. The average Bonchev–Trinajstić information content (AvgIpc) is 3.33. The van der Waals surface area contributed by atoms with E-state index in [9.17, 15) is 9.59 Å². The molecule has 3 atom stereocenters. The van der Waals surface area contributed by atoms with E-state index in [4.69, 9.17) is 14.5 Å². The molecule has 0 bridgehead atoms. The fourth-order valence-corrected chi connectivity index (χ4v) is 5.76. The Morgan fingerprint density at radius 1 is 1.03 bits per heavy atom. The summed E-state index contributed by atoms with van der Waals surface area (Å²) in [5.41, 5.74) is 4.02. The predicted molar refractivity (Wildman–Crippen MR) is 146 cm³/mol. The number of carbonyl (C=O) groups is 2. The number of hydrogen-bond donors (Lipinski definition) is 2. The highest BCUT2D eigenvalue weighted by Gasteiger charge is 2.53. The lowest BCUT2D eigenvalue weighted by molar-refractivity contribution is -0.152. The number of thiazole rings is 1. The van der Waals surface area contributed by atoms with Crippen LogP contribution in [-0.4, -0.2) is 36.2 Å². The number of aryl methyl sites for hydroxylation is 1. The fourth-order valence-electron chi connectivity index (χ4n) is 5.01. The van der Waals surface area contributed by atoms with E-state index in [1.54, 1.807) is 13.8 Å². The first-order valence-electron chi connectivity index (χ1n) is 12.5. The van der Waals surface area contributed by atoms with Gasteiger partial charge in [-0.25, -0.2) is 9.78 Å². The predicted octanol–water partition coefficient (Wildman–Crippen LogP) is 5.43. The zero-order chi connectivity index (χ0) is 26.6. The van der Waals surface area contributed by atoms with Crippen molar-refractivity contribution in [2.75, 3.05) is 18.5 Å². The molecule has 2 N–H and O–H groups in total. The van der Waals surface area contributed by atoms with Gasteiger partial charge in [-0.15, -0.1) is 11.3 Å². The third kappa shape index (κ3) is 5.25. The minimum absolute atomic E-state index is 0.219. The van der Waals surface area contributed by atoms with Gasteiger partial charge in [-0.2, -0.15) is 0 Å². The van der Waals surface area contributed by atoms with E-state index >= 15 is 0 Å². The molecule has 194 valence electrons. The highest BCUT2D eigenvalue weighted by Crippen LogP contribution is 2.42. The maximum atomic E-state index is 13.6. The number of nitrogens with zero attached hydrogens (tertiary/aromatic N) is 1. The van der Waals surface area contributed by atoms with Gasteiger partial charge in [0.15, 0.2) is 5.13 Å². The van der Waals surface area contributed by atoms with Crippen molar-refractivity contribution in [1.82, 2.24) is 10.3 Å². The Morgan fingerprint density at radius 2 is 1.70 bits per heavy atom. The Bertz CT molecular complexity index is 1300. The van der Waals surface area contributed by atoms with Gasteiger partial charge in [0.05, 0.1) is 36.1 Å². The molecule has 4 rings (SSSR count). The van der Waals surface area contributed by atoms with E-state index in [1.807, 2.05) is 80.7 Å². The quantitative estimate of drug-likeness (QED) is 0.383. The second-order valence-corrected chi connectivity index (χ2v) is 10.0. The first-order valence-corrected chi connectivity index (χ1v) is 13.3. The molecule has 0 saturated heterocycles. The first kappa shape index (κ1) is 26.4. The smallest absolute Gasteiger partial charge is 0.337 e. The number of nitrogens with one attached hydrogen (secondary N) is 2. The van der Waals surface area contributed by atoms with Crippen molar-refractivity contribution < 1.29 is 19.1 Å². The van der Waals surface area contributed by atoms with Crippen molar-refractivity contribution in [1.29, 1.82) is 0 Å². The summed E-state index contributed by atoms with van der Waals surface area (Å²) in [4.78, 5) is 31.6. The summed E-state index contributed by atoms with van der Waals surface area (Å²) in [6.07, 6.45) is 0. The summed E-state index contributed by atoms with van der Waals surface area (Å²) in [5.74, 6) is -1.68. The minimum Gasteiger partial charge on any atom is -0.466 e. The molecule has 1 aliphatic rings. The summed E-state index contributed by atoms with van der Waals surface area (Å²) >= 11 is 1.43. The molecular weight excluding hydrogens is 486 g/mol. The molecule has 0 radical (unpaired) electrons. The van der Waals surface area contributed by atoms with Crippen LogP contribution in [0.25, 0.3) is 11.3 Å². The number of carbonyl (C=O) groups excluding carboxylic acids is 2. The molecule has 8 heteroatoms. The molecule has 7 nitrogen and oxygen atoms in total. The zero-order valence-electron chi connectivity index (χ0n) is 21.8. The summed E-state index contributed by atoms with van der Waals surface area (Å²) in [6, 6.07) is 17.0. The van der Waals surface area contributed by atoms with Crippen LogP contribution in [0.2, 0.25) is 0 Å². The van der Waals surface area contributed by atoms with Crippen LogP contribution in [0, 0.1) is 12.8 Å². The summed E-state index contributed by atoms with van der Waals surface area (Å²) < 4.78 is 11.0. The Balaban J connectivity index is 1.83. The topological polar surface area (TPSA) is 89.5 Å². The maximum Gasteiger partial charge on any atom is 0.337 e. The van der Waals surface area contributed by atoms with Gasteiger partial charge in [0.25, 0.3) is 0 Å². The molecule has 0 spiro atoms. The lowest BCUT2D eigenvalue weighted by atomic mass is 9.70. The molecular formula is C29H33N3O4S. The van der Waals surface area contributed by atoms with Gasteiger partial charge in [-0.1, -0.05) is 54.6 Å². The standard InChI is InChI=1S/C29H33N3O4S/c1-6-35-26(33)23-19(4)32-29(5,20-14-9-8-10-15-20)24(27(34)36-7-2)25(23)31-28-30-22(17-37-28)21-16-12-11-13-18(21)3/h8-17,24-25,32H,6-7H2,1-5H3,(H,30,31). The Labute approximate surface area is 221 Å². The molecule has 1 aliphatic heterocycles. The third-order valence-electron chi connectivity index (χ3n) is 6.73. The number of benzene rings is 2. The number of hydrogen-bond acceptors (Lipinski definition) is 8. The van der Waals surface area contributed by atoms with E-state index in [0.717, 1.165) is 22.4 Å². The van der Waals surface area contributed by atoms with Crippen molar-refractivity contribution in [3.8, 4) is 11.3 Å². The van der Waals surface area contributed by atoms with E-state index in [-0.39, 0.29) is 13.2 Å². The highest BCUT2D eigenvalue weighted by molar-refractivity contribution is 7.14. The van der Waals surface area contributed by atoms with E-state index < -0.39 is 29.4 Å². The first-order chi connectivity index (χ1) is 17.8. The Morgan fingerprint density at radius 3 is 2.38 bits per heavy atom. The minimum atomic E-state index is -0.860. The number of ether oxygens (including phenoxy) is 2. The molecule has 3 unspecified atom stereocenters. The van der Waals surface area contributed by atoms with E-state index in [1.165, 1.54) is 11.3 Å². The van der Waals surface area contributed by atoms with Crippen LogP contribution in [0.15, 0.2) is 71.2 Å². The van der Waals surface area contributed by atoms with Crippen LogP contribution >= 0.6 is 11.3 Å². The van der Waals surface area contributed by atoms with Gasteiger partial charge in [-0.05, 0) is 45.7 Å². The van der Waals surface area contributed by atoms with Gasteiger partial charge in [0.1, 0.15) is 5.92 Å². The molecule has 0 saturated carbocycles. The Hall–Kier alpha value is -3.65. The second kappa shape index (κ2) is 11.2. The molecule has 1 aromatic heterocycles. The molecule has 0 fully saturated rings. The average molecular weight is 520 g/mol. The van der Waals surface area contributed by atoms with Crippen LogP contribution in [0.1, 0.15) is 38.8 Å². The number of aromatic nitrogens is 1. The van der Waals surface area contributed by atoms with Crippen LogP contribution in [0.3, 0.4) is 0 Å². The number of esters is 2. The SMILES string of the molecule is CCOC(=O)C1=C(C)NC(C)(c2ccccc2)C(C(=O)OCC)C1Nc1nc(-c2ccccc2C)cs1. The van der Waals surface area contributed by atoms with Crippen LogP contribution < -0.4 is 10.6 Å². The highest BCUT2D eigenvalue weighted by atomic mass is 32.1. The largest absolute Gasteiger partial charge is 0.466 e. The van der Waals surface area contributed by atoms with Gasteiger partial charge >= 0.3 is 11.9 Å². The van der Waals surface area contributed by atoms with Gasteiger partial charge in [0.2, 0.25) is 0 Å². The summed E-state index contributed by atoms with van der Waals surface area (Å²) in [5, 5.41) is 9.47. The molecule has 2 aromatic carbocycles. The van der Waals surface area contributed by atoms with Crippen molar-refractivity contribution in [2.24, 2.45) is 5.92 Å². The summed E-state index contributed by atoms with van der Waals surface area (Å²) in [7, 11) is 0. The van der Waals surface area contributed by atoms with Gasteiger partial charge in [-0.3, -0.25) is 4.79 Å². The van der Waals surface area contributed by atoms with E-state index in [2.05, 4.69) is 10.6 Å². The Kier molecular flexibility index (Phi) is 7.97. The zero-order valence-corrected chi connectivity index (χ0v) is 22.6. The fraction of sp³-hybridized carbons (Fsp3) is 0.345. The summed E-state index contributed by atoms with van der Waals surface area (Å²) in [6.45, 7) is 9.82. The number of anilines is 1. The van der Waals surface area contributed by atoms with Crippen molar-refractivity contribution >= 4 is 28.4 Å². The van der Waals surface area contributed by atoms with Gasteiger partial charge < -0.3 is 20.1 Å². The third-order valence-corrected chi connectivity index (χ3v) is 7.50. The molecule has 3 aromatic rings. The molecule has 0 amide bonds. The van der Waals surface area contributed by atoms with Gasteiger partial charge in [0, 0.05) is 16.6 Å². The lowest BCUT2D eigenvalue weighted by Crippen LogP contribution is -2.60. The maximum absolute atomic E-state index is 13.6. The number of rotatable bonds is 8. The molecule has 2 heterocycles. The van der Waals surface area contributed by atoms with E-state index in [0.29, 0.717) is 16.4 Å². The normalized spacial score (nSPS) is 21.2. The molecule has 0 aliphatic carbocycles. The number of allylic oxidation sites excluding steroid dienone is 1. The van der Waals surface area contributed by atoms with Crippen LogP contribution in [-0.2, 0) is 24.6 Å². The van der Waals surface area contributed by atoms with Crippen molar-refractivity contribution in [3.63, 3.8) is 0 Å². The van der Waals surface area contributed by atoms with Crippen LogP contribution in [0.4, 0.5) is 5.13 Å². The monoisotopic (exact) mass is 519 g/mol. The van der Waals surface area contributed by atoms with Crippen molar-refractivity contribution in [3.05, 3.63) is 82.4 Å². The molecule has 37 heavy (non-hydrogen) atoms. The second-order valence-electron chi connectivity index (χ2n) is 9.16. The van der Waals surface area contributed by atoms with Crippen molar-refractivity contribution in [2.45, 2.75) is 46.2 Å².